The molecular formula is C12H21N3OS2. The minimum absolute atomic E-state index is 0.146. The van der Waals surface area contributed by atoms with Crippen LogP contribution in [0.25, 0.3) is 0 Å². The topological polar surface area (TPSA) is 64.9 Å². The van der Waals surface area contributed by atoms with E-state index >= 15 is 0 Å². The van der Waals surface area contributed by atoms with E-state index in [1.807, 2.05) is 23.5 Å². The van der Waals surface area contributed by atoms with Gasteiger partial charge in [0.15, 0.2) is 5.82 Å². The van der Waals surface area contributed by atoms with E-state index in [0.717, 1.165) is 18.0 Å². The molecule has 6 heteroatoms. The Balaban J connectivity index is 2.09. The van der Waals surface area contributed by atoms with Crippen LogP contribution in [0.5, 0.6) is 0 Å². The van der Waals surface area contributed by atoms with Gasteiger partial charge in [-0.1, -0.05) is 32.3 Å². The lowest BCUT2D eigenvalue weighted by molar-refractivity contribution is 0.310. The standard InChI is InChI=1S/C12H21N3OS2/c1-4-7(2)9(13)12-14-11(15-16-12)10-8(3)17-5-6-18-10/h7-10H,4-6,13H2,1-3H3/t7-,8?,9-,10?/m0/s1. The van der Waals surface area contributed by atoms with Crippen LogP contribution in [-0.4, -0.2) is 26.9 Å². The van der Waals surface area contributed by atoms with Crippen LogP contribution in [-0.2, 0) is 0 Å². The van der Waals surface area contributed by atoms with Crippen molar-refractivity contribution in [3.63, 3.8) is 0 Å². The van der Waals surface area contributed by atoms with Gasteiger partial charge in [0.1, 0.15) is 0 Å². The van der Waals surface area contributed by atoms with Crippen LogP contribution in [0.4, 0.5) is 0 Å². The van der Waals surface area contributed by atoms with Gasteiger partial charge in [0.25, 0.3) is 0 Å². The highest BCUT2D eigenvalue weighted by Gasteiger charge is 2.29. The molecule has 2 heterocycles. The van der Waals surface area contributed by atoms with Crippen molar-refractivity contribution in [1.29, 1.82) is 0 Å². The zero-order chi connectivity index (χ0) is 13.1. The summed E-state index contributed by atoms with van der Waals surface area (Å²) in [5, 5.41) is 5.00. The second kappa shape index (κ2) is 6.30. The van der Waals surface area contributed by atoms with Crippen LogP contribution < -0.4 is 5.73 Å². The Hall–Kier alpha value is -0.200. The third-order valence-electron chi connectivity index (χ3n) is 3.44. The number of nitrogens with two attached hydrogens (primary N) is 1. The highest BCUT2D eigenvalue weighted by atomic mass is 32.2. The van der Waals surface area contributed by atoms with Gasteiger partial charge in [-0.25, -0.2) is 0 Å². The smallest absolute Gasteiger partial charge is 0.243 e. The monoisotopic (exact) mass is 287 g/mol. The summed E-state index contributed by atoms with van der Waals surface area (Å²) in [5.74, 6) is 4.13. The lowest BCUT2D eigenvalue weighted by Crippen LogP contribution is -2.20. The molecular weight excluding hydrogens is 266 g/mol. The molecule has 4 nitrogen and oxygen atoms in total. The van der Waals surface area contributed by atoms with E-state index < -0.39 is 0 Å². The lowest BCUT2D eigenvalue weighted by Gasteiger charge is -2.24. The number of hydrogen-bond acceptors (Lipinski definition) is 6. The summed E-state index contributed by atoms with van der Waals surface area (Å²) in [6.07, 6.45) is 1.02. The van der Waals surface area contributed by atoms with Crippen LogP contribution in [0.2, 0.25) is 0 Å². The number of rotatable bonds is 4. The van der Waals surface area contributed by atoms with E-state index in [-0.39, 0.29) is 6.04 Å². The molecule has 0 amide bonds. The molecule has 0 bridgehead atoms. The molecule has 4 atom stereocenters. The fourth-order valence-electron chi connectivity index (χ4n) is 1.91. The van der Waals surface area contributed by atoms with Gasteiger partial charge in [0.05, 0.1) is 11.3 Å². The molecule has 1 fully saturated rings. The lowest BCUT2D eigenvalue weighted by atomic mass is 10.0. The predicted molar refractivity (Wildman–Crippen MR) is 77.8 cm³/mol. The first-order valence-corrected chi connectivity index (χ1v) is 8.55. The minimum Gasteiger partial charge on any atom is -0.338 e. The molecule has 18 heavy (non-hydrogen) atoms. The normalized spacial score (nSPS) is 28.0. The summed E-state index contributed by atoms with van der Waals surface area (Å²) in [6.45, 7) is 6.46. The van der Waals surface area contributed by atoms with E-state index in [2.05, 4.69) is 30.9 Å². The maximum atomic E-state index is 6.12. The molecule has 2 rings (SSSR count). The Labute approximate surface area is 117 Å². The fraction of sp³-hybridized carbons (Fsp3) is 0.833. The van der Waals surface area contributed by atoms with Gasteiger partial charge < -0.3 is 10.3 Å². The van der Waals surface area contributed by atoms with Crippen LogP contribution in [0, 0.1) is 5.92 Å². The van der Waals surface area contributed by atoms with E-state index in [4.69, 9.17) is 10.3 Å². The largest absolute Gasteiger partial charge is 0.338 e. The Kier molecular flexibility index (Phi) is 4.98. The van der Waals surface area contributed by atoms with Gasteiger partial charge >= 0.3 is 0 Å². The Morgan fingerprint density at radius 3 is 2.83 bits per heavy atom. The third-order valence-corrected chi connectivity index (χ3v) is 6.53. The first-order chi connectivity index (χ1) is 8.63. The van der Waals surface area contributed by atoms with Crippen molar-refractivity contribution in [2.45, 2.75) is 43.7 Å². The van der Waals surface area contributed by atoms with Gasteiger partial charge in [-0.15, -0.1) is 11.8 Å². The molecule has 1 aliphatic rings. The highest BCUT2D eigenvalue weighted by Crippen LogP contribution is 2.41. The summed E-state index contributed by atoms with van der Waals surface area (Å²) in [5.41, 5.74) is 6.12. The van der Waals surface area contributed by atoms with Gasteiger partial charge in [-0.05, 0) is 5.92 Å². The molecule has 1 aliphatic heterocycles. The number of hydrogen-bond donors (Lipinski definition) is 1. The fourth-order valence-corrected chi connectivity index (χ4v) is 4.59. The molecule has 102 valence electrons. The summed E-state index contributed by atoms with van der Waals surface area (Å²) in [7, 11) is 0. The zero-order valence-corrected chi connectivity index (χ0v) is 12.8. The van der Waals surface area contributed by atoms with Crippen molar-refractivity contribution < 1.29 is 4.52 Å². The maximum absolute atomic E-state index is 6.12. The average Bonchev–Trinajstić information content (AvgIpc) is 2.87. The molecule has 0 aromatic carbocycles. The van der Waals surface area contributed by atoms with Gasteiger partial charge in [-0.3, -0.25) is 0 Å². The zero-order valence-electron chi connectivity index (χ0n) is 11.1. The minimum atomic E-state index is -0.146. The van der Waals surface area contributed by atoms with Crippen molar-refractivity contribution >= 4 is 23.5 Å². The molecule has 1 aromatic rings. The van der Waals surface area contributed by atoms with Crippen molar-refractivity contribution in [2.24, 2.45) is 11.7 Å². The van der Waals surface area contributed by atoms with Crippen LogP contribution in [0.1, 0.15) is 50.2 Å². The second-order valence-electron chi connectivity index (χ2n) is 4.77. The molecule has 0 radical (unpaired) electrons. The van der Waals surface area contributed by atoms with Crippen molar-refractivity contribution in [1.82, 2.24) is 10.1 Å². The summed E-state index contributed by atoms with van der Waals surface area (Å²) >= 11 is 3.89. The van der Waals surface area contributed by atoms with Gasteiger partial charge in [0.2, 0.25) is 5.89 Å². The summed E-state index contributed by atoms with van der Waals surface area (Å²) in [6, 6.07) is -0.146. The molecule has 2 N–H and O–H groups in total. The molecule has 0 spiro atoms. The van der Waals surface area contributed by atoms with E-state index in [9.17, 15) is 0 Å². The predicted octanol–water partition coefficient (Wildman–Crippen LogP) is 3.03. The number of aromatic nitrogens is 2. The first kappa shape index (κ1) is 14.2. The number of thioether (sulfide) groups is 2. The summed E-state index contributed by atoms with van der Waals surface area (Å²) in [4.78, 5) is 4.52. The van der Waals surface area contributed by atoms with Crippen LogP contribution in [0.15, 0.2) is 4.52 Å². The molecule has 2 unspecified atom stereocenters. The van der Waals surface area contributed by atoms with Gasteiger partial charge in [0, 0.05) is 16.8 Å². The van der Waals surface area contributed by atoms with Crippen molar-refractivity contribution in [3.05, 3.63) is 11.7 Å². The van der Waals surface area contributed by atoms with E-state index in [1.165, 1.54) is 5.75 Å². The van der Waals surface area contributed by atoms with E-state index in [1.54, 1.807) is 0 Å². The Bertz CT molecular complexity index is 385. The third kappa shape index (κ3) is 3.03. The highest BCUT2D eigenvalue weighted by molar-refractivity contribution is 8.06. The van der Waals surface area contributed by atoms with Gasteiger partial charge in [-0.2, -0.15) is 16.7 Å². The average molecular weight is 287 g/mol. The SMILES string of the molecule is CC[C@H](C)[C@H](N)c1nc(C2SCCSC2C)no1. The van der Waals surface area contributed by atoms with Crippen molar-refractivity contribution in [3.8, 4) is 0 Å². The first-order valence-electron chi connectivity index (χ1n) is 6.45. The quantitative estimate of drug-likeness (QED) is 0.918. The Morgan fingerprint density at radius 1 is 1.44 bits per heavy atom. The van der Waals surface area contributed by atoms with Crippen LogP contribution >= 0.6 is 23.5 Å². The van der Waals surface area contributed by atoms with Crippen LogP contribution in [0.3, 0.4) is 0 Å². The van der Waals surface area contributed by atoms with Crippen molar-refractivity contribution in [2.75, 3.05) is 11.5 Å². The van der Waals surface area contributed by atoms with E-state index in [0.29, 0.717) is 22.3 Å². The maximum Gasteiger partial charge on any atom is 0.243 e. The molecule has 1 aromatic heterocycles. The molecule has 0 saturated carbocycles. The number of nitrogens with zero attached hydrogens (tertiary/aromatic N) is 2. The second-order valence-corrected chi connectivity index (χ2v) is 7.50. The Morgan fingerprint density at radius 2 is 2.17 bits per heavy atom. The summed E-state index contributed by atoms with van der Waals surface area (Å²) < 4.78 is 5.34. The molecule has 1 saturated heterocycles. The molecule has 0 aliphatic carbocycles.